The first-order chi connectivity index (χ1) is 16.7. The molecule has 9 nitrogen and oxygen atoms in total. The maximum atomic E-state index is 13.3. The van der Waals surface area contributed by atoms with E-state index in [1.165, 1.54) is 4.57 Å². The first kappa shape index (κ1) is 22.3. The molecule has 0 aliphatic heterocycles. The van der Waals surface area contributed by atoms with Gasteiger partial charge in [0, 0.05) is 29.7 Å². The Bertz CT molecular complexity index is 1610. The van der Waals surface area contributed by atoms with Crippen molar-refractivity contribution in [2.75, 3.05) is 6.54 Å². The van der Waals surface area contributed by atoms with Crippen molar-refractivity contribution in [2.45, 2.75) is 19.6 Å². The van der Waals surface area contributed by atoms with Crippen molar-refractivity contribution in [3.63, 3.8) is 0 Å². The topological polar surface area (TPSA) is 99.1 Å². The number of hydrogen-bond acceptors (Lipinski definition) is 5. The summed E-state index contributed by atoms with van der Waals surface area (Å²) in [7, 11) is 0. The molecule has 178 valence electrons. The molecule has 5 rings (SSSR count). The first-order valence-electron chi connectivity index (χ1n) is 10.5. The number of hydrogen-bond donors (Lipinski definition) is 1. The normalized spacial score (nSPS) is 11.9. The summed E-state index contributed by atoms with van der Waals surface area (Å²) in [4.78, 5) is 34.3. The van der Waals surface area contributed by atoms with Crippen LogP contribution in [0.3, 0.4) is 0 Å². The minimum atomic E-state index is -4.55. The van der Waals surface area contributed by atoms with Gasteiger partial charge >= 0.3 is 11.9 Å². The van der Waals surface area contributed by atoms with Crippen LogP contribution >= 0.6 is 0 Å². The van der Waals surface area contributed by atoms with Crippen LogP contribution in [-0.4, -0.2) is 47.3 Å². The molecule has 0 saturated carbocycles. The Morgan fingerprint density at radius 2 is 1.91 bits per heavy atom. The van der Waals surface area contributed by atoms with E-state index in [-0.39, 0.29) is 0 Å². The Balaban J connectivity index is 1.55. The van der Waals surface area contributed by atoms with Gasteiger partial charge in [-0.25, -0.2) is 23.8 Å². The number of carbonyl (C=O) groups is 1. The lowest BCUT2D eigenvalue weighted by Gasteiger charge is -2.08. The summed E-state index contributed by atoms with van der Waals surface area (Å²) >= 11 is 0. The molecule has 4 heterocycles. The minimum Gasteiger partial charge on any atom is -0.345 e. The van der Waals surface area contributed by atoms with Crippen molar-refractivity contribution in [2.24, 2.45) is 0 Å². The van der Waals surface area contributed by atoms with Gasteiger partial charge in [0.25, 0.3) is 0 Å². The predicted molar refractivity (Wildman–Crippen MR) is 121 cm³/mol. The number of halogens is 3. The van der Waals surface area contributed by atoms with Crippen LogP contribution in [0.15, 0.2) is 66.0 Å². The van der Waals surface area contributed by atoms with Crippen LogP contribution in [0.5, 0.6) is 0 Å². The monoisotopic (exact) mass is 481 g/mol. The van der Waals surface area contributed by atoms with Gasteiger partial charge in [-0.2, -0.15) is 18.3 Å². The van der Waals surface area contributed by atoms with E-state index in [9.17, 15) is 22.8 Å². The number of rotatable bonds is 5. The van der Waals surface area contributed by atoms with Crippen LogP contribution in [0.25, 0.3) is 33.6 Å². The van der Waals surface area contributed by atoms with Gasteiger partial charge in [0.2, 0.25) is 5.91 Å². The molecule has 0 unspecified atom stereocenters. The second-order valence-electron chi connectivity index (χ2n) is 7.89. The number of para-hydroxylation sites is 1. The van der Waals surface area contributed by atoms with E-state index in [1.807, 2.05) is 0 Å². The number of carbonyl (C=O) groups excluding carboxylic acids is 1. The summed E-state index contributed by atoms with van der Waals surface area (Å²) in [6.45, 7) is -0.237. The van der Waals surface area contributed by atoms with E-state index >= 15 is 0 Å². The second kappa shape index (κ2) is 8.38. The standard InChI is InChI=1S/C23H18F3N7O2/c1-14-4-2-5-17-20(14)33(22(35)31(17)12-19(34)29-13-23(24,25)26)18-7-6-15(10-28-18)16-11-30-32-9-3-8-27-21(16)32/h2-11H,12-13H2,1H3,(H,29,34). The zero-order valence-corrected chi connectivity index (χ0v) is 18.3. The van der Waals surface area contributed by atoms with Crippen LogP contribution in [-0.2, 0) is 11.3 Å². The summed E-state index contributed by atoms with van der Waals surface area (Å²) in [6.07, 6.45) is 2.14. The molecule has 0 saturated heterocycles. The van der Waals surface area contributed by atoms with E-state index in [2.05, 4.69) is 15.1 Å². The van der Waals surface area contributed by atoms with Crippen LogP contribution < -0.4 is 11.0 Å². The molecule has 0 bridgehead atoms. The lowest BCUT2D eigenvalue weighted by Crippen LogP contribution is -2.38. The third-order valence-corrected chi connectivity index (χ3v) is 5.51. The van der Waals surface area contributed by atoms with Crippen molar-refractivity contribution in [3.8, 4) is 16.9 Å². The van der Waals surface area contributed by atoms with Gasteiger partial charge in [-0.05, 0) is 36.8 Å². The number of alkyl halides is 3. The lowest BCUT2D eigenvalue weighted by molar-refractivity contribution is -0.138. The third-order valence-electron chi connectivity index (χ3n) is 5.51. The molecule has 35 heavy (non-hydrogen) atoms. The quantitative estimate of drug-likeness (QED) is 0.416. The average Bonchev–Trinajstić information content (AvgIpc) is 3.38. The minimum absolute atomic E-state index is 0.303. The van der Waals surface area contributed by atoms with Crippen molar-refractivity contribution < 1.29 is 18.0 Å². The maximum absolute atomic E-state index is 13.3. The Morgan fingerprint density at radius 3 is 2.66 bits per heavy atom. The second-order valence-corrected chi connectivity index (χ2v) is 7.89. The molecule has 12 heteroatoms. The molecule has 5 aromatic rings. The molecule has 0 fully saturated rings. The van der Waals surface area contributed by atoms with Gasteiger partial charge < -0.3 is 5.32 Å². The number of aryl methyl sites for hydroxylation is 1. The van der Waals surface area contributed by atoms with Crippen LogP contribution in [0, 0.1) is 6.92 Å². The van der Waals surface area contributed by atoms with Crippen LogP contribution in [0.1, 0.15) is 5.56 Å². The molecule has 0 spiro atoms. The molecule has 4 aromatic heterocycles. The van der Waals surface area contributed by atoms with Gasteiger partial charge in [-0.3, -0.25) is 9.36 Å². The Labute approximate surface area is 195 Å². The fraction of sp³-hybridized carbons (Fsp3) is 0.174. The van der Waals surface area contributed by atoms with Crippen molar-refractivity contribution in [1.82, 2.24) is 34.0 Å². The third kappa shape index (κ3) is 4.14. The zero-order valence-electron chi connectivity index (χ0n) is 18.3. The maximum Gasteiger partial charge on any atom is 0.405 e. The summed E-state index contributed by atoms with van der Waals surface area (Å²) in [5.41, 5.74) is 3.23. The number of imidazole rings is 1. The molecule has 0 aliphatic carbocycles. The predicted octanol–water partition coefficient (Wildman–Crippen LogP) is 2.88. The number of nitrogens with zero attached hydrogens (tertiary/aromatic N) is 6. The van der Waals surface area contributed by atoms with Gasteiger partial charge in [0.15, 0.2) is 5.65 Å². The number of amides is 1. The Morgan fingerprint density at radius 1 is 1.09 bits per heavy atom. The molecule has 0 atom stereocenters. The molecule has 1 N–H and O–H groups in total. The smallest absolute Gasteiger partial charge is 0.345 e. The van der Waals surface area contributed by atoms with E-state index in [0.717, 1.165) is 21.3 Å². The number of pyridine rings is 1. The van der Waals surface area contributed by atoms with Crippen LogP contribution in [0.4, 0.5) is 13.2 Å². The van der Waals surface area contributed by atoms with Crippen molar-refractivity contribution >= 4 is 22.6 Å². The highest BCUT2D eigenvalue weighted by Crippen LogP contribution is 2.25. The molecule has 0 aliphatic rings. The highest BCUT2D eigenvalue weighted by atomic mass is 19.4. The number of aromatic nitrogens is 6. The highest BCUT2D eigenvalue weighted by Gasteiger charge is 2.28. The summed E-state index contributed by atoms with van der Waals surface area (Å²) in [6, 6.07) is 10.3. The van der Waals surface area contributed by atoms with E-state index in [0.29, 0.717) is 22.5 Å². The molecular formula is C23H18F3N7O2. The largest absolute Gasteiger partial charge is 0.405 e. The SMILES string of the molecule is Cc1cccc2c1n(-c1ccc(-c3cnn4cccnc34)cn1)c(=O)n2CC(=O)NCC(F)(F)F. The zero-order chi connectivity index (χ0) is 24.7. The van der Waals surface area contributed by atoms with Crippen LogP contribution in [0.2, 0.25) is 0 Å². The molecule has 1 aromatic carbocycles. The molecule has 0 radical (unpaired) electrons. The molecule has 1 amide bonds. The fourth-order valence-corrected chi connectivity index (χ4v) is 3.94. The van der Waals surface area contributed by atoms with Gasteiger partial charge in [-0.15, -0.1) is 0 Å². The average molecular weight is 481 g/mol. The molecular weight excluding hydrogens is 463 g/mol. The lowest BCUT2D eigenvalue weighted by atomic mass is 10.1. The fourth-order valence-electron chi connectivity index (χ4n) is 3.94. The number of benzene rings is 1. The van der Waals surface area contributed by atoms with E-state index in [1.54, 1.807) is 77.9 Å². The van der Waals surface area contributed by atoms with Gasteiger partial charge in [0.1, 0.15) is 18.9 Å². The van der Waals surface area contributed by atoms with Gasteiger partial charge in [0.05, 0.1) is 17.2 Å². The summed E-state index contributed by atoms with van der Waals surface area (Å²) in [5, 5.41) is 6.06. The number of nitrogens with one attached hydrogen (secondary N) is 1. The van der Waals surface area contributed by atoms with Crippen molar-refractivity contribution in [1.29, 1.82) is 0 Å². The summed E-state index contributed by atoms with van der Waals surface area (Å²) in [5.74, 6) is -0.620. The van der Waals surface area contributed by atoms with Gasteiger partial charge in [-0.1, -0.05) is 12.1 Å². The Kier molecular flexibility index (Phi) is 5.35. The highest BCUT2D eigenvalue weighted by molar-refractivity contribution is 5.84. The Hall–Kier alpha value is -4.48. The van der Waals surface area contributed by atoms with Crippen molar-refractivity contribution in [3.05, 3.63) is 77.2 Å². The van der Waals surface area contributed by atoms with E-state index < -0.39 is 30.9 Å². The first-order valence-corrected chi connectivity index (χ1v) is 10.5. The number of fused-ring (bicyclic) bond motifs is 2. The van der Waals surface area contributed by atoms with E-state index in [4.69, 9.17) is 0 Å². The summed E-state index contributed by atoms with van der Waals surface area (Å²) < 4.78 is 41.6.